The fraction of sp³-hybridized carbons (Fsp3) is 0.591. The number of fused-ring (bicyclic) bond motifs is 1. The molecule has 0 aliphatic heterocycles. The number of hydrogen-bond donors (Lipinski definition) is 1. The number of benzene rings is 1. The first-order valence-corrected chi connectivity index (χ1v) is 9.97. The number of nitrogens with zero attached hydrogens (tertiary/aromatic N) is 2. The van der Waals surface area contributed by atoms with Gasteiger partial charge in [-0.05, 0) is 30.4 Å². The minimum Gasteiger partial charge on any atom is -0.497 e. The molecule has 0 bridgehead atoms. The molecule has 0 spiro atoms. The van der Waals surface area contributed by atoms with Crippen molar-refractivity contribution in [1.82, 2.24) is 14.9 Å². The maximum Gasteiger partial charge on any atom is 0.243 e. The number of ether oxygens (including phenoxy) is 1. The molecule has 154 valence electrons. The number of nitrogens with one attached hydrogen (secondary N) is 1. The first-order chi connectivity index (χ1) is 13.1. The van der Waals surface area contributed by atoms with Crippen molar-refractivity contribution in [3.63, 3.8) is 0 Å². The molecular formula is C22H33N3O3. The zero-order valence-corrected chi connectivity index (χ0v) is 18.1. The summed E-state index contributed by atoms with van der Waals surface area (Å²) in [6.45, 7) is 12.7. The number of carbonyl (C=O) groups excluding carboxylic acids is 2. The van der Waals surface area contributed by atoms with Gasteiger partial charge in [-0.1, -0.05) is 41.5 Å². The summed E-state index contributed by atoms with van der Waals surface area (Å²) in [7, 11) is 1.60. The van der Waals surface area contributed by atoms with Crippen LogP contribution in [0.2, 0.25) is 0 Å². The topological polar surface area (TPSA) is 73.2 Å². The number of amides is 1. The van der Waals surface area contributed by atoms with Crippen LogP contribution < -0.4 is 10.1 Å². The molecule has 1 amide bonds. The second-order valence-electron chi connectivity index (χ2n) is 8.70. The van der Waals surface area contributed by atoms with Crippen LogP contribution in [0.5, 0.6) is 5.75 Å². The first-order valence-electron chi connectivity index (χ1n) is 9.97. The van der Waals surface area contributed by atoms with Gasteiger partial charge in [0, 0.05) is 18.5 Å². The van der Waals surface area contributed by atoms with Gasteiger partial charge in [0.15, 0.2) is 5.82 Å². The first kappa shape index (κ1) is 21.9. The Morgan fingerprint density at radius 1 is 1.25 bits per heavy atom. The predicted octanol–water partition coefficient (Wildman–Crippen LogP) is 4.39. The lowest BCUT2D eigenvalue weighted by Gasteiger charge is -2.22. The molecule has 6 heteroatoms. The van der Waals surface area contributed by atoms with E-state index >= 15 is 0 Å². The third-order valence-corrected chi connectivity index (χ3v) is 4.82. The second kappa shape index (κ2) is 8.76. The van der Waals surface area contributed by atoms with Crippen molar-refractivity contribution in [1.29, 1.82) is 0 Å². The van der Waals surface area contributed by atoms with Gasteiger partial charge in [0.1, 0.15) is 11.8 Å². The van der Waals surface area contributed by atoms with Crippen molar-refractivity contribution in [2.75, 3.05) is 13.7 Å². The monoisotopic (exact) mass is 387 g/mol. The van der Waals surface area contributed by atoms with Crippen LogP contribution in [0.1, 0.15) is 71.0 Å². The zero-order chi connectivity index (χ0) is 21.1. The lowest BCUT2D eigenvalue weighted by atomic mass is 9.92. The second-order valence-corrected chi connectivity index (χ2v) is 8.70. The summed E-state index contributed by atoms with van der Waals surface area (Å²) in [5.74, 6) is 0.623. The molecule has 0 radical (unpaired) electrons. The molecule has 0 aliphatic carbocycles. The van der Waals surface area contributed by atoms with Gasteiger partial charge in [-0.3, -0.25) is 9.59 Å². The number of imidazole rings is 1. The van der Waals surface area contributed by atoms with Gasteiger partial charge in [0.2, 0.25) is 11.7 Å². The smallest absolute Gasteiger partial charge is 0.243 e. The van der Waals surface area contributed by atoms with E-state index in [2.05, 4.69) is 31.1 Å². The van der Waals surface area contributed by atoms with Gasteiger partial charge in [-0.2, -0.15) is 0 Å². The normalized spacial score (nSPS) is 13.0. The minimum atomic E-state index is -0.505. The van der Waals surface area contributed by atoms with Crippen molar-refractivity contribution < 1.29 is 14.3 Å². The molecule has 0 fully saturated rings. The molecule has 1 N–H and O–H groups in total. The maximum atomic E-state index is 13.0. The van der Waals surface area contributed by atoms with Crippen molar-refractivity contribution in [2.24, 2.45) is 11.3 Å². The van der Waals surface area contributed by atoms with Crippen LogP contribution in [0, 0.1) is 11.3 Å². The molecule has 1 atom stereocenters. The summed E-state index contributed by atoms with van der Waals surface area (Å²) in [5, 5.41) is 3.04. The number of aromatic nitrogens is 2. The van der Waals surface area contributed by atoms with Crippen LogP contribution in [0.4, 0.5) is 0 Å². The molecule has 0 aliphatic rings. The minimum absolute atomic E-state index is 0.0730. The molecule has 0 saturated carbocycles. The third-order valence-electron chi connectivity index (χ3n) is 4.82. The highest BCUT2D eigenvalue weighted by Crippen LogP contribution is 2.28. The average molecular weight is 388 g/mol. The highest BCUT2D eigenvalue weighted by atomic mass is 16.5. The van der Waals surface area contributed by atoms with Crippen LogP contribution in [0.25, 0.3) is 11.0 Å². The Kier molecular flexibility index (Phi) is 6.86. The Morgan fingerprint density at radius 2 is 1.93 bits per heavy atom. The van der Waals surface area contributed by atoms with Gasteiger partial charge in [0.05, 0.1) is 18.1 Å². The molecule has 2 aromatic rings. The van der Waals surface area contributed by atoms with Crippen molar-refractivity contribution >= 4 is 22.7 Å². The van der Waals surface area contributed by atoms with E-state index in [1.807, 2.05) is 39.0 Å². The molecule has 1 aromatic heterocycles. The highest BCUT2D eigenvalue weighted by Gasteiger charge is 2.28. The average Bonchev–Trinajstić information content (AvgIpc) is 2.99. The Morgan fingerprint density at radius 3 is 2.46 bits per heavy atom. The van der Waals surface area contributed by atoms with E-state index in [0.29, 0.717) is 30.1 Å². The summed E-state index contributed by atoms with van der Waals surface area (Å²) in [4.78, 5) is 30.4. The summed E-state index contributed by atoms with van der Waals surface area (Å²) < 4.78 is 7.13. The Balaban J connectivity index is 2.48. The molecule has 28 heavy (non-hydrogen) atoms. The van der Waals surface area contributed by atoms with E-state index in [1.54, 1.807) is 11.7 Å². The van der Waals surface area contributed by atoms with E-state index in [1.165, 1.54) is 0 Å². The number of carbonyl (C=O) groups is 2. The summed E-state index contributed by atoms with van der Waals surface area (Å²) in [6, 6.07) is 4.97. The Hall–Kier alpha value is -2.37. The summed E-state index contributed by atoms with van der Waals surface area (Å²) in [5.41, 5.74) is 1.56. The quantitative estimate of drug-likeness (QED) is 0.682. The molecule has 1 heterocycles. The van der Waals surface area contributed by atoms with Crippen LogP contribution in [0.15, 0.2) is 18.2 Å². The van der Waals surface area contributed by atoms with Crippen LogP contribution in [-0.2, 0) is 4.79 Å². The van der Waals surface area contributed by atoms with E-state index in [4.69, 9.17) is 4.74 Å². The van der Waals surface area contributed by atoms with E-state index in [0.717, 1.165) is 11.9 Å². The fourth-order valence-corrected chi connectivity index (χ4v) is 3.11. The van der Waals surface area contributed by atoms with Crippen LogP contribution in [0.3, 0.4) is 0 Å². The molecule has 1 unspecified atom stereocenters. The summed E-state index contributed by atoms with van der Waals surface area (Å²) >= 11 is 0. The van der Waals surface area contributed by atoms with Gasteiger partial charge in [0.25, 0.3) is 0 Å². The third kappa shape index (κ3) is 4.91. The molecule has 6 nitrogen and oxygen atoms in total. The zero-order valence-electron chi connectivity index (χ0n) is 18.1. The van der Waals surface area contributed by atoms with Crippen LogP contribution >= 0.6 is 0 Å². The Bertz CT molecular complexity index is 847. The van der Waals surface area contributed by atoms with E-state index < -0.39 is 6.04 Å². The van der Waals surface area contributed by atoms with Crippen molar-refractivity contribution in [3.05, 3.63) is 24.0 Å². The van der Waals surface area contributed by atoms with Gasteiger partial charge < -0.3 is 14.6 Å². The standard InChI is InChI=1S/C22H33N3O3/c1-8-17(21(27)23-12-11-22(4,5)6)25-18-13-15(28-7)9-10-16(18)24-20(25)19(26)14(2)3/h9-10,13-14,17H,8,11-12H2,1-7H3,(H,23,27). The lowest BCUT2D eigenvalue weighted by Crippen LogP contribution is -2.35. The maximum absolute atomic E-state index is 13.0. The molecular weight excluding hydrogens is 354 g/mol. The predicted molar refractivity (Wildman–Crippen MR) is 112 cm³/mol. The molecule has 1 aromatic carbocycles. The van der Waals surface area contributed by atoms with Crippen LogP contribution in [-0.4, -0.2) is 34.9 Å². The number of Topliss-reactive ketones (excluding diaryl/α,β-unsaturated/α-hetero) is 1. The number of hydrogen-bond acceptors (Lipinski definition) is 4. The number of methoxy groups -OCH3 is 1. The number of rotatable bonds is 8. The Labute approximate surface area is 167 Å². The van der Waals surface area contributed by atoms with Crippen molar-refractivity contribution in [3.8, 4) is 5.75 Å². The molecule has 2 rings (SSSR count). The molecule has 0 saturated heterocycles. The lowest BCUT2D eigenvalue weighted by molar-refractivity contribution is -0.124. The van der Waals surface area contributed by atoms with Gasteiger partial charge in [-0.15, -0.1) is 0 Å². The van der Waals surface area contributed by atoms with Gasteiger partial charge in [-0.25, -0.2) is 4.98 Å². The van der Waals surface area contributed by atoms with E-state index in [9.17, 15) is 9.59 Å². The fourth-order valence-electron chi connectivity index (χ4n) is 3.11. The van der Waals surface area contributed by atoms with Crippen molar-refractivity contribution in [2.45, 2.75) is 60.4 Å². The SMILES string of the molecule is CCC(C(=O)NCCC(C)(C)C)n1c(C(=O)C(C)C)nc2ccc(OC)cc21. The largest absolute Gasteiger partial charge is 0.497 e. The highest BCUT2D eigenvalue weighted by molar-refractivity contribution is 5.99. The van der Waals surface area contributed by atoms with Gasteiger partial charge >= 0.3 is 0 Å². The summed E-state index contributed by atoms with van der Waals surface area (Å²) in [6.07, 6.45) is 1.44. The number of ketones is 1. The van der Waals surface area contributed by atoms with E-state index in [-0.39, 0.29) is 23.0 Å².